The molecule has 19 heavy (non-hydrogen) atoms. The number of carbonyl (C=O) groups is 2. The fourth-order valence-corrected chi connectivity index (χ4v) is 3.85. The van der Waals surface area contributed by atoms with E-state index < -0.39 is 5.92 Å². The highest BCUT2D eigenvalue weighted by Crippen LogP contribution is 2.40. The van der Waals surface area contributed by atoms with Crippen molar-refractivity contribution in [1.29, 1.82) is 0 Å². The van der Waals surface area contributed by atoms with Crippen LogP contribution >= 0.6 is 11.8 Å². The van der Waals surface area contributed by atoms with Gasteiger partial charge in [-0.05, 0) is 25.3 Å². The third-order valence-electron chi connectivity index (χ3n) is 3.76. The van der Waals surface area contributed by atoms with Crippen LogP contribution in [-0.2, 0) is 9.59 Å². The highest BCUT2D eigenvalue weighted by molar-refractivity contribution is 8.18. The molecule has 100 valence electrons. The number of amides is 2. The minimum atomic E-state index is -0.431. The molecule has 2 heterocycles. The summed E-state index contributed by atoms with van der Waals surface area (Å²) in [4.78, 5) is 32.4. The van der Waals surface area contributed by atoms with Crippen LogP contribution in [0.25, 0.3) is 0 Å². The summed E-state index contributed by atoms with van der Waals surface area (Å²) in [5, 5.41) is 3.73. The number of rotatable bonds is 2. The average Bonchev–Trinajstić information content (AvgIpc) is 2.98. The van der Waals surface area contributed by atoms with Crippen LogP contribution in [0.1, 0.15) is 32.6 Å². The number of nitrogens with zero attached hydrogens (tertiary/aromatic N) is 2. The Hall–Kier alpha value is -1.43. The minimum absolute atomic E-state index is 0.0701. The standard InChI is InChI=1S/C13H15N3O2S/c1-7-9-11(17)14-6-15-13(9)19-10(7)12(18)16-8-4-2-3-5-8/h6,8-9H,2-5H2,1H3,(H,16,18). The van der Waals surface area contributed by atoms with Crippen molar-refractivity contribution in [1.82, 2.24) is 5.32 Å². The normalized spacial score (nSPS) is 26.7. The van der Waals surface area contributed by atoms with Gasteiger partial charge in [-0.2, -0.15) is 0 Å². The minimum Gasteiger partial charge on any atom is -0.349 e. The summed E-state index contributed by atoms with van der Waals surface area (Å²) < 4.78 is 0. The molecule has 0 saturated heterocycles. The molecule has 0 aromatic carbocycles. The Labute approximate surface area is 115 Å². The van der Waals surface area contributed by atoms with Gasteiger partial charge in [0.05, 0.1) is 9.95 Å². The predicted molar refractivity (Wildman–Crippen MR) is 75.1 cm³/mol. The lowest BCUT2D eigenvalue weighted by Crippen LogP contribution is -2.33. The van der Waals surface area contributed by atoms with Gasteiger partial charge in [-0.25, -0.2) is 9.98 Å². The summed E-state index contributed by atoms with van der Waals surface area (Å²) in [6.45, 7) is 1.82. The van der Waals surface area contributed by atoms with E-state index in [1.807, 2.05) is 6.92 Å². The Balaban J connectivity index is 1.77. The summed E-state index contributed by atoms with van der Waals surface area (Å²) in [5.74, 6) is -0.725. The molecule has 3 rings (SSSR count). The van der Waals surface area contributed by atoms with Crippen LogP contribution in [-0.4, -0.2) is 29.2 Å². The summed E-state index contributed by atoms with van der Waals surface area (Å²) in [6, 6.07) is 0.282. The van der Waals surface area contributed by atoms with Gasteiger partial charge >= 0.3 is 0 Å². The molecule has 1 atom stereocenters. The Morgan fingerprint density at radius 1 is 1.42 bits per heavy atom. The highest BCUT2D eigenvalue weighted by Gasteiger charge is 2.39. The van der Waals surface area contributed by atoms with E-state index in [1.165, 1.54) is 30.9 Å². The van der Waals surface area contributed by atoms with E-state index in [9.17, 15) is 9.59 Å². The number of fused-ring (bicyclic) bond motifs is 1. The quantitative estimate of drug-likeness (QED) is 0.834. The predicted octanol–water partition coefficient (Wildman–Crippen LogP) is 1.65. The molecular weight excluding hydrogens is 262 g/mol. The molecule has 0 bridgehead atoms. The monoisotopic (exact) mass is 277 g/mol. The van der Waals surface area contributed by atoms with Gasteiger partial charge in [-0.3, -0.25) is 9.59 Å². The van der Waals surface area contributed by atoms with Gasteiger partial charge in [-0.1, -0.05) is 24.6 Å². The number of hydrogen-bond donors (Lipinski definition) is 1. The lowest BCUT2D eigenvalue weighted by atomic mass is 10.00. The van der Waals surface area contributed by atoms with E-state index in [4.69, 9.17) is 0 Å². The maximum absolute atomic E-state index is 12.3. The van der Waals surface area contributed by atoms with Crippen molar-refractivity contribution >= 4 is 35.0 Å². The van der Waals surface area contributed by atoms with Gasteiger partial charge in [0.15, 0.2) is 0 Å². The van der Waals surface area contributed by atoms with E-state index in [2.05, 4.69) is 15.3 Å². The molecule has 0 aromatic heterocycles. The van der Waals surface area contributed by atoms with Crippen molar-refractivity contribution in [3.8, 4) is 0 Å². The van der Waals surface area contributed by atoms with Gasteiger partial charge in [0.1, 0.15) is 12.3 Å². The van der Waals surface area contributed by atoms with Gasteiger partial charge in [0, 0.05) is 6.04 Å². The maximum atomic E-state index is 12.3. The number of aliphatic imine (C=N–C) groups is 2. The van der Waals surface area contributed by atoms with Crippen molar-refractivity contribution in [2.45, 2.75) is 38.6 Å². The molecule has 2 amide bonds. The molecule has 5 nitrogen and oxygen atoms in total. The van der Waals surface area contributed by atoms with E-state index in [-0.39, 0.29) is 17.9 Å². The van der Waals surface area contributed by atoms with Gasteiger partial charge < -0.3 is 5.32 Å². The molecular formula is C13H15N3O2S. The highest BCUT2D eigenvalue weighted by atomic mass is 32.2. The first-order valence-corrected chi connectivity index (χ1v) is 7.32. The lowest BCUT2D eigenvalue weighted by molar-refractivity contribution is -0.118. The van der Waals surface area contributed by atoms with Gasteiger partial charge in [0.25, 0.3) is 11.8 Å². The van der Waals surface area contributed by atoms with Crippen LogP contribution in [0, 0.1) is 5.92 Å². The maximum Gasteiger partial charge on any atom is 0.261 e. The molecule has 0 aromatic rings. The first-order chi connectivity index (χ1) is 9.16. The zero-order valence-corrected chi connectivity index (χ0v) is 11.5. The number of nitrogens with one attached hydrogen (secondary N) is 1. The van der Waals surface area contributed by atoms with Gasteiger partial charge in [-0.15, -0.1) is 0 Å². The van der Waals surface area contributed by atoms with Crippen LogP contribution in [0.3, 0.4) is 0 Å². The fraction of sp³-hybridized carbons (Fsp3) is 0.538. The Morgan fingerprint density at radius 3 is 2.84 bits per heavy atom. The van der Waals surface area contributed by atoms with Crippen LogP contribution in [0.5, 0.6) is 0 Å². The zero-order valence-electron chi connectivity index (χ0n) is 10.7. The van der Waals surface area contributed by atoms with Crippen molar-refractivity contribution in [3.63, 3.8) is 0 Å². The van der Waals surface area contributed by atoms with E-state index >= 15 is 0 Å². The number of hydrogen-bond acceptors (Lipinski definition) is 4. The lowest BCUT2D eigenvalue weighted by Gasteiger charge is -2.12. The van der Waals surface area contributed by atoms with Crippen molar-refractivity contribution in [2.75, 3.05) is 0 Å². The SMILES string of the molecule is CC1=C(C(=O)NC2CCCC2)SC2=NC=NC(=O)C21. The molecule has 6 heteroatoms. The molecule has 1 aliphatic carbocycles. The molecule has 0 radical (unpaired) electrons. The summed E-state index contributed by atoms with van der Waals surface area (Å²) >= 11 is 1.30. The second-order valence-corrected chi connectivity index (χ2v) is 6.08. The van der Waals surface area contributed by atoms with Crippen LogP contribution in [0.15, 0.2) is 20.5 Å². The van der Waals surface area contributed by atoms with Gasteiger partial charge in [0.2, 0.25) is 0 Å². The number of thioether (sulfide) groups is 1. The smallest absolute Gasteiger partial charge is 0.261 e. The molecule has 1 N–H and O–H groups in total. The summed E-state index contributed by atoms with van der Waals surface area (Å²) in [7, 11) is 0. The van der Waals surface area contributed by atoms with Crippen molar-refractivity contribution in [2.24, 2.45) is 15.9 Å². The topological polar surface area (TPSA) is 70.9 Å². The summed E-state index contributed by atoms with van der Waals surface area (Å²) in [6.07, 6.45) is 5.73. The average molecular weight is 277 g/mol. The van der Waals surface area contributed by atoms with Crippen molar-refractivity contribution in [3.05, 3.63) is 10.5 Å². The van der Waals surface area contributed by atoms with Crippen molar-refractivity contribution < 1.29 is 9.59 Å². The van der Waals surface area contributed by atoms with Crippen LogP contribution < -0.4 is 5.32 Å². The second-order valence-electron chi connectivity index (χ2n) is 5.05. The summed E-state index contributed by atoms with van der Waals surface area (Å²) in [5.41, 5.74) is 0.779. The van der Waals surface area contributed by atoms with E-state index in [1.54, 1.807) is 0 Å². The van der Waals surface area contributed by atoms with E-state index in [0.717, 1.165) is 18.4 Å². The molecule has 0 spiro atoms. The zero-order chi connectivity index (χ0) is 13.4. The molecule has 3 aliphatic rings. The first kappa shape index (κ1) is 12.6. The Kier molecular flexibility index (Phi) is 3.26. The van der Waals surface area contributed by atoms with E-state index in [0.29, 0.717) is 9.95 Å². The second kappa shape index (κ2) is 4.92. The molecule has 1 fully saturated rings. The first-order valence-electron chi connectivity index (χ1n) is 6.50. The fourth-order valence-electron chi connectivity index (χ4n) is 2.72. The molecule has 1 saturated carbocycles. The van der Waals surface area contributed by atoms with Crippen LogP contribution in [0.2, 0.25) is 0 Å². The molecule has 1 unspecified atom stereocenters. The largest absolute Gasteiger partial charge is 0.349 e. The third-order valence-corrected chi connectivity index (χ3v) is 5.02. The third kappa shape index (κ3) is 2.25. The number of carbonyl (C=O) groups excluding carboxylic acids is 2. The molecule has 2 aliphatic heterocycles. The Morgan fingerprint density at radius 2 is 2.16 bits per heavy atom. The van der Waals surface area contributed by atoms with Crippen LogP contribution in [0.4, 0.5) is 0 Å². The Bertz CT molecular complexity index is 530.